The number of hydrogen-bond acceptors (Lipinski definition) is 4. The predicted octanol–water partition coefficient (Wildman–Crippen LogP) is 2.28. The summed E-state index contributed by atoms with van der Waals surface area (Å²) in [6.07, 6.45) is 4.61. The number of aromatic nitrogens is 3. The molecule has 0 aliphatic rings. The van der Waals surface area contributed by atoms with Gasteiger partial charge in [0.15, 0.2) is 0 Å². The van der Waals surface area contributed by atoms with Gasteiger partial charge in [0, 0.05) is 23.8 Å². The molecule has 4 nitrogen and oxygen atoms in total. The number of nitrogens with zero attached hydrogens (tertiary/aromatic N) is 2. The highest BCUT2D eigenvalue weighted by Gasteiger charge is 2.09. The summed E-state index contributed by atoms with van der Waals surface area (Å²) in [6, 6.07) is 0.265. The minimum absolute atomic E-state index is 0.265. The Labute approximate surface area is 99.2 Å². The molecule has 2 heterocycles. The van der Waals surface area contributed by atoms with Crippen molar-refractivity contribution in [1.29, 1.82) is 0 Å². The third-order valence-electron chi connectivity index (χ3n) is 2.45. The van der Waals surface area contributed by atoms with E-state index in [0.717, 1.165) is 24.5 Å². The van der Waals surface area contributed by atoms with Gasteiger partial charge in [0.25, 0.3) is 0 Å². The Bertz CT molecular complexity index is 421. The van der Waals surface area contributed by atoms with Crippen LogP contribution in [0.3, 0.4) is 0 Å². The number of aryl methyl sites for hydroxylation is 1. The van der Waals surface area contributed by atoms with Crippen LogP contribution in [0.15, 0.2) is 17.8 Å². The van der Waals surface area contributed by atoms with Crippen LogP contribution in [0.5, 0.6) is 0 Å². The van der Waals surface area contributed by atoms with Gasteiger partial charge in [0.1, 0.15) is 5.82 Å². The lowest BCUT2D eigenvalue weighted by Gasteiger charge is -2.09. The van der Waals surface area contributed by atoms with Gasteiger partial charge in [0.2, 0.25) is 0 Å². The summed E-state index contributed by atoms with van der Waals surface area (Å²) in [4.78, 5) is 11.8. The fourth-order valence-corrected chi connectivity index (χ4v) is 2.27. The van der Waals surface area contributed by atoms with E-state index in [0.29, 0.717) is 0 Å². The number of aromatic amines is 1. The molecule has 2 aromatic rings. The van der Waals surface area contributed by atoms with Crippen LogP contribution in [0.2, 0.25) is 0 Å². The van der Waals surface area contributed by atoms with Gasteiger partial charge in [0.05, 0.1) is 17.2 Å². The largest absolute Gasteiger partial charge is 0.348 e. The lowest BCUT2D eigenvalue weighted by atomic mass is 10.2. The van der Waals surface area contributed by atoms with E-state index >= 15 is 0 Å². The Morgan fingerprint density at radius 3 is 3.06 bits per heavy atom. The van der Waals surface area contributed by atoms with Crippen molar-refractivity contribution in [3.63, 3.8) is 0 Å². The summed E-state index contributed by atoms with van der Waals surface area (Å²) in [5, 5.41) is 6.71. The first kappa shape index (κ1) is 11.3. The van der Waals surface area contributed by atoms with Crippen LogP contribution in [0.25, 0.3) is 0 Å². The first-order chi connectivity index (χ1) is 7.79. The molecule has 0 aromatic carbocycles. The van der Waals surface area contributed by atoms with Gasteiger partial charge in [-0.3, -0.25) is 0 Å². The van der Waals surface area contributed by atoms with Gasteiger partial charge in [-0.25, -0.2) is 9.97 Å². The van der Waals surface area contributed by atoms with E-state index in [2.05, 4.69) is 39.5 Å². The molecule has 1 unspecified atom stereocenters. The van der Waals surface area contributed by atoms with Crippen LogP contribution in [0.4, 0.5) is 0 Å². The predicted molar refractivity (Wildman–Crippen MR) is 65.3 cm³/mol. The Hall–Kier alpha value is -1.20. The minimum Gasteiger partial charge on any atom is -0.348 e. The molecule has 86 valence electrons. The van der Waals surface area contributed by atoms with Crippen molar-refractivity contribution in [3.8, 4) is 0 Å². The molecule has 0 saturated heterocycles. The summed E-state index contributed by atoms with van der Waals surface area (Å²) >= 11 is 1.73. The Kier molecular flexibility index (Phi) is 3.69. The van der Waals surface area contributed by atoms with Gasteiger partial charge >= 0.3 is 0 Å². The third kappa shape index (κ3) is 2.68. The average Bonchev–Trinajstić information content (AvgIpc) is 2.96. The van der Waals surface area contributed by atoms with Crippen molar-refractivity contribution in [2.45, 2.75) is 32.9 Å². The first-order valence-corrected chi connectivity index (χ1v) is 6.33. The zero-order chi connectivity index (χ0) is 11.4. The van der Waals surface area contributed by atoms with Crippen molar-refractivity contribution in [2.24, 2.45) is 0 Å². The van der Waals surface area contributed by atoms with Crippen LogP contribution >= 0.6 is 11.3 Å². The zero-order valence-corrected chi connectivity index (χ0v) is 10.3. The molecule has 16 heavy (non-hydrogen) atoms. The number of thiazole rings is 1. The molecular formula is C11H16N4S. The molecule has 0 spiro atoms. The summed E-state index contributed by atoms with van der Waals surface area (Å²) in [5.74, 6) is 0.956. The summed E-state index contributed by atoms with van der Waals surface area (Å²) in [7, 11) is 0. The lowest BCUT2D eigenvalue weighted by Crippen LogP contribution is -2.19. The van der Waals surface area contributed by atoms with Crippen molar-refractivity contribution in [3.05, 3.63) is 34.3 Å². The van der Waals surface area contributed by atoms with Gasteiger partial charge < -0.3 is 10.3 Å². The van der Waals surface area contributed by atoms with Crippen molar-refractivity contribution >= 4 is 11.3 Å². The Morgan fingerprint density at radius 2 is 2.44 bits per heavy atom. The summed E-state index contributed by atoms with van der Waals surface area (Å²) in [5.41, 5.74) is 1.12. The van der Waals surface area contributed by atoms with Crippen LogP contribution in [0.1, 0.15) is 36.4 Å². The smallest absolute Gasteiger partial charge is 0.120 e. The van der Waals surface area contributed by atoms with E-state index in [1.54, 1.807) is 17.5 Å². The second-order valence-electron chi connectivity index (χ2n) is 3.66. The van der Waals surface area contributed by atoms with Gasteiger partial charge in [-0.2, -0.15) is 0 Å². The summed E-state index contributed by atoms with van der Waals surface area (Å²) < 4.78 is 0. The maximum Gasteiger partial charge on any atom is 0.120 e. The van der Waals surface area contributed by atoms with Gasteiger partial charge in [-0.1, -0.05) is 6.92 Å². The zero-order valence-electron chi connectivity index (χ0n) is 9.53. The van der Waals surface area contributed by atoms with Crippen molar-refractivity contribution in [2.75, 3.05) is 0 Å². The van der Waals surface area contributed by atoms with Crippen molar-refractivity contribution < 1.29 is 0 Å². The van der Waals surface area contributed by atoms with E-state index in [1.165, 1.54) is 5.01 Å². The Balaban J connectivity index is 1.90. The molecule has 0 aliphatic heterocycles. The van der Waals surface area contributed by atoms with E-state index < -0.39 is 0 Å². The molecule has 2 rings (SSSR count). The molecule has 0 aliphatic carbocycles. The normalized spacial score (nSPS) is 12.9. The van der Waals surface area contributed by atoms with E-state index in [4.69, 9.17) is 0 Å². The van der Waals surface area contributed by atoms with E-state index in [-0.39, 0.29) is 6.04 Å². The van der Waals surface area contributed by atoms with Gasteiger partial charge in [-0.05, 0) is 13.3 Å². The molecular weight excluding hydrogens is 220 g/mol. The minimum atomic E-state index is 0.265. The molecule has 0 bridgehead atoms. The molecule has 1 atom stereocenters. The monoisotopic (exact) mass is 236 g/mol. The van der Waals surface area contributed by atoms with Gasteiger partial charge in [-0.15, -0.1) is 11.3 Å². The van der Waals surface area contributed by atoms with E-state index in [1.807, 2.05) is 6.20 Å². The van der Waals surface area contributed by atoms with Crippen molar-refractivity contribution in [1.82, 2.24) is 20.3 Å². The molecule has 5 heteroatoms. The highest BCUT2D eigenvalue weighted by molar-refractivity contribution is 7.09. The standard InChI is InChI=1S/C11H16N4S/c1-3-11-15-9(7-16-11)8(2)14-6-10-12-4-5-13-10/h4-5,7-8,14H,3,6H2,1-2H3,(H,12,13). The third-order valence-corrected chi connectivity index (χ3v) is 3.46. The lowest BCUT2D eigenvalue weighted by molar-refractivity contribution is 0.551. The number of H-pyrrole nitrogens is 1. The Morgan fingerprint density at radius 1 is 1.56 bits per heavy atom. The molecule has 0 amide bonds. The van der Waals surface area contributed by atoms with Crippen LogP contribution in [-0.2, 0) is 13.0 Å². The van der Waals surface area contributed by atoms with Crippen LogP contribution in [0, 0.1) is 0 Å². The molecule has 2 aromatic heterocycles. The number of nitrogens with one attached hydrogen (secondary N) is 2. The highest BCUT2D eigenvalue weighted by Crippen LogP contribution is 2.16. The molecule has 0 radical (unpaired) electrons. The molecule has 2 N–H and O–H groups in total. The number of imidazole rings is 1. The number of hydrogen-bond donors (Lipinski definition) is 2. The van der Waals surface area contributed by atoms with Crippen LogP contribution in [-0.4, -0.2) is 15.0 Å². The second-order valence-corrected chi connectivity index (χ2v) is 4.60. The molecule has 0 fully saturated rings. The maximum atomic E-state index is 4.55. The fourth-order valence-electron chi connectivity index (χ4n) is 1.44. The van der Waals surface area contributed by atoms with E-state index in [9.17, 15) is 0 Å². The SMILES string of the molecule is CCc1nc(C(C)NCc2ncc[nH]2)cs1. The topological polar surface area (TPSA) is 53.6 Å². The number of rotatable bonds is 5. The quantitative estimate of drug-likeness (QED) is 0.837. The first-order valence-electron chi connectivity index (χ1n) is 5.45. The second kappa shape index (κ2) is 5.23. The fraction of sp³-hybridized carbons (Fsp3) is 0.455. The maximum absolute atomic E-state index is 4.55. The highest BCUT2D eigenvalue weighted by atomic mass is 32.1. The molecule has 0 saturated carbocycles. The summed E-state index contributed by atoms with van der Waals surface area (Å²) in [6.45, 7) is 4.99. The van der Waals surface area contributed by atoms with Crippen LogP contribution < -0.4 is 5.32 Å². The average molecular weight is 236 g/mol.